The van der Waals surface area contributed by atoms with Crippen LogP contribution in [0.3, 0.4) is 0 Å². The zero-order valence-corrected chi connectivity index (χ0v) is 10.7. The van der Waals surface area contributed by atoms with Crippen molar-refractivity contribution in [3.8, 4) is 0 Å². The van der Waals surface area contributed by atoms with Gasteiger partial charge >= 0.3 is 0 Å². The number of rotatable bonds is 5. The van der Waals surface area contributed by atoms with Crippen LogP contribution < -0.4 is 11.1 Å². The Morgan fingerprint density at radius 2 is 2.50 bits per heavy atom. The molecule has 0 aliphatic heterocycles. The Bertz CT molecular complexity index is 420. The highest BCUT2D eigenvalue weighted by Crippen LogP contribution is 2.25. The number of nitrogens with zero attached hydrogens (tertiary/aromatic N) is 2. The summed E-state index contributed by atoms with van der Waals surface area (Å²) in [5.74, 6) is 0. The molecule has 0 amide bonds. The van der Waals surface area contributed by atoms with Crippen molar-refractivity contribution in [3.63, 3.8) is 0 Å². The molecule has 0 spiro atoms. The monoisotopic (exact) mass is 254 g/mol. The fourth-order valence-electron chi connectivity index (χ4n) is 1.07. The predicted molar refractivity (Wildman–Crippen MR) is 74.9 cm³/mol. The molecule has 3 N–H and O–H groups in total. The summed E-state index contributed by atoms with van der Waals surface area (Å²) < 4.78 is 0. The molecular weight excluding hydrogens is 240 g/mol. The quantitative estimate of drug-likeness (QED) is 0.326. The molecule has 0 saturated carbocycles. The first-order valence-corrected chi connectivity index (χ1v) is 5.95. The van der Waals surface area contributed by atoms with Crippen LogP contribution in [0.15, 0.2) is 23.1 Å². The first-order chi connectivity index (χ1) is 7.69. The maximum Gasteiger partial charge on any atom is 0.180 e. The van der Waals surface area contributed by atoms with E-state index in [1.54, 1.807) is 17.8 Å². The Kier molecular flexibility index (Phi) is 5.07. The molecule has 0 unspecified atom stereocenters. The van der Waals surface area contributed by atoms with E-state index >= 15 is 0 Å². The van der Waals surface area contributed by atoms with Gasteiger partial charge in [-0.3, -0.25) is 4.99 Å². The van der Waals surface area contributed by atoms with Crippen LogP contribution in [0.5, 0.6) is 0 Å². The normalized spacial score (nSPS) is 12.0. The number of thiazole rings is 1. The van der Waals surface area contributed by atoms with Gasteiger partial charge in [0.25, 0.3) is 0 Å². The molecule has 6 heteroatoms. The van der Waals surface area contributed by atoms with Gasteiger partial charge in [-0.15, -0.1) is 19.2 Å². The molecule has 1 heterocycles. The minimum atomic E-state index is 0.546. The van der Waals surface area contributed by atoms with Crippen LogP contribution in [0.1, 0.15) is 10.6 Å². The molecule has 1 aromatic rings. The van der Waals surface area contributed by atoms with Gasteiger partial charge in [0.2, 0.25) is 0 Å². The minimum Gasteiger partial charge on any atom is -0.375 e. The lowest BCUT2D eigenvalue weighted by atomic mass is 10.3. The Hall–Kier alpha value is -1.27. The number of aliphatic imine (C=N–C) groups is 1. The van der Waals surface area contributed by atoms with Crippen molar-refractivity contribution in [2.45, 2.75) is 6.92 Å². The summed E-state index contributed by atoms with van der Waals surface area (Å²) in [5, 5.41) is 5.25. The van der Waals surface area contributed by atoms with Crippen LogP contribution in [0, 0.1) is 6.92 Å². The smallest absolute Gasteiger partial charge is 0.180 e. The third-order valence-electron chi connectivity index (χ3n) is 1.73. The topological polar surface area (TPSA) is 63.3 Å². The van der Waals surface area contributed by atoms with Crippen LogP contribution in [0.4, 0.5) is 5.13 Å². The second-order valence-corrected chi connectivity index (χ2v) is 4.23. The third kappa shape index (κ3) is 3.39. The van der Waals surface area contributed by atoms with Gasteiger partial charge in [-0.25, -0.2) is 4.98 Å². The summed E-state index contributed by atoms with van der Waals surface area (Å²) in [6.07, 6.45) is 3.33. The molecule has 0 saturated heterocycles. The molecule has 0 aromatic carbocycles. The highest BCUT2D eigenvalue weighted by atomic mass is 32.1. The fraction of sp³-hybridized carbons (Fsp3) is 0.200. The molecule has 1 aromatic heterocycles. The summed E-state index contributed by atoms with van der Waals surface area (Å²) >= 11 is 5.56. The van der Waals surface area contributed by atoms with E-state index in [-0.39, 0.29) is 0 Å². The van der Waals surface area contributed by atoms with Crippen molar-refractivity contribution in [1.29, 1.82) is 0 Å². The lowest BCUT2D eigenvalue weighted by Gasteiger charge is -2.03. The number of anilines is 1. The molecule has 0 aliphatic carbocycles. The predicted octanol–water partition coefficient (Wildman–Crippen LogP) is 2.07. The van der Waals surface area contributed by atoms with Gasteiger partial charge in [-0.1, -0.05) is 17.4 Å². The van der Waals surface area contributed by atoms with Gasteiger partial charge < -0.3 is 11.1 Å². The van der Waals surface area contributed by atoms with Crippen molar-refractivity contribution < 1.29 is 0 Å². The lowest BCUT2D eigenvalue weighted by molar-refractivity contribution is 1.20. The summed E-state index contributed by atoms with van der Waals surface area (Å²) in [6.45, 7) is 6.06. The Morgan fingerprint density at radius 1 is 1.75 bits per heavy atom. The Morgan fingerprint density at radius 3 is 3.00 bits per heavy atom. The molecule has 0 aliphatic rings. The van der Waals surface area contributed by atoms with E-state index in [9.17, 15) is 0 Å². The first-order valence-electron chi connectivity index (χ1n) is 4.62. The number of nitrogen functional groups attached to an aromatic ring is 1. The van der Waals surface area contributed by atoms with Crippen LogP contribution >= 0.6 is 24.0 Å². The van der Waals surface area contributed by atoms with E-state index in [0.29, 0.717) is 11.7 Å². The number of aryl methyl sites for hydroxylation is 1. The summed E-state index contributed by atoms with van der Waals surface area (Å²) in [4.78, 5) is 9.18. The maximum atomic E-state index is 5.63. The van der Waals surface area contributed by atoms with Gasteiger partial charge in [0.15, 0.2) is 5.13 Å². The number of thiol groups is 1. The van der Waals surface area contributed by atoms with Gasteiger partial charge in [0, 0.05) is 0 Å². The van der Waals surface area contributed by atoms with Crippen molar-refractivity contribution in [3.05, 3.63) is 28.6 Å². The second kappa shape index (κ2) is 6.34. The van der Waals surface area contributed by atoms with Crippen molar-refractivity contribution in [2.75, 3.05) is 12.3 Å². The van der Waals surface area contributed by atoms with Crippen molar-refractivity contribution >= 4 is 41.1 Å². The zero-order valence-electron chi connectivity index (χ0n) is 8.97. The van der Waals surface area contributed by atoms with Gasteiger partial charge in [0.1, 0.15) is 0 Å². The van der Waals surface area contributed by atoms with Gasteiger partial charge in [-0.05, 0) is 12.3 Å². The van der Waals surface area contributed by atoms with Crippen molar-refractivity contribution in [2.24, 2.45) is 4.99 Å². The molecule has 86 valence electrons. The Labute approximate surface area is 104 Å². The largest absolute Gasteiger partial charge is 0.375 e. The summed E-state index contributed by atoms with van der Waals surface area (Å²) in [6, 6.07) is 0. The number of hydrogen-bond acceptors (Lipinski definition) is 5. The van der Waals surface area contributed by atoms with Crippen molar-refractivity contribution in [1.82, 2.24) is 10.3 Å². The van der Waals surface area contributed by atoms with Gasteiger partial charge in [0.05, 0.1) is 29.2 Å². The van der Waals surface area contributed by atoms with Crippen LogP contribution in [-0.4, -0.2) is 17.9 Å². The highest BCUT2D eigenvalue weighted by molar-refractivity contribution is 7.83. The number of hydrogen-bond donors (Lipinski definition) is 3. The number of aromatic nitrogens is 1. The van der Waals surface area contributed by atoms with E-state index in [1.165, 1.54) is 11.3 Å². The molecule has 0 radical (unpaired) electrons. The molecule has 0 atom stereocenters. The molecular formula is C10H14N4S2. The lowest BCUT2D eigenvalue weighted by Crippen LogP contribution is -2.09. The van der Waals surface area contributed by atoms with Gasteiger partial charge in [-0.2, -0.15) is 0 Å². The summed E-state index contributed by atoms with van der Waals surface area (Å²) in [5.41, 5.74) is 7.35. The molecule has 1 rings (SSSR count). The average molecular weight is 254 g/mol. The molecule has 4 nitrogen and oxygen atoms in total. The van der Waals surface area contributed by atoms with E-state index in [1.807, 2.05) is 6.92 Å². The average Bonchev–Trinajstić information content (AvgIpc) is 2.58. The van der Waals surface area contributed by atoms with Crippen LogP contribution in [0.25, 0.3) is 5.70 Å². The fourth-order valence-corrected chi connectivity index (χ4v) is 2.17. The van der Waals surface area contributed by atoms with Crippen LogP contribution in [0.2, 0.25) is 0 Å². The first kappa shape index (κ1) is 12.8. The minimum absolute atomic E-state index is 0.546. The third-order valence-corrected chi connectivity index (χ3v) is 3.01. The zero-order chi connectivity index (χ0) is 12.0. The van der Waals surface area contributed by atoms with E-state index in [0.717, 1.165) is 16.3 Å². The van der Waals surface area contributed by atoms with E-state index in [2.05, 4.69) is 34.5 Å². The molecule has 0 bridgehead atoms. The Balaban J connectivity index is 2.76. The molecule has 16 heavy (non-hydrogen) atoms. The van der Waals surface area contributed by atoms with Crippen LogP contribution in [-0.2, 0) is 0 Å². The summed E-state index contributed by atoms with van der Waals surface area (Å²) in [7, 11) is 0. The number of nitrogens with two attached hydrogens (primary N) is 1. The standard InChI is InChI=1S/C10H14N4S2/c1-3-4-12-6-13-8(5-15)9-7(2)14-10(11)16-9/h3,5-6,15H,1,4H2,2H3,(H2,11,14)(H,12,13)/b8-5-. The maximum absolute atomic E-state index is 5.63. The second-order valence-electron chi connectivity index (χ2n) is 2.94. The number of nitrogens with one attached hydrogen (secondary N) is 1. The molecule has 0 fully saturated rings. The highest BCUT2D eigenvalue weighted by Gasteiger charge is 2.08. The van der Waals surface area contributed by atoms with E-state index < -0.39 is 0 Å². The SMILES string of the molecule is C=CCN=CN/C(=C\S)c1sc(N)nc1C. The van der Waals surface area contributed by atoms with E-state index in [4.69, 9.17) is 5.73 Å².